The van der Waals surface area contributed by atoms with Crippen molar-refractivity contribution in [1.82, 2.24) is 5.32 Å². The number of amides is 1. The summed E-state index contributed by atoms with van der Waals surface area (Å²) in [5, 5.41) is 2.80. The third-order valence-corrected chi connectivity index (χ3v) is 6.88. The van der Waals surface area contributed by atoms with Gasteiger partial charge in [-0.1, -0.05) is 24.3 Å². The van der Waals surface area contributed by atoms with Crippen molar-refractivity contribution in [2.45, 2.75) is 37.8 Å². The maximum absolute atomic E-state index is 12.8. The summed E-state index contributed by atoms with van der Waals surface area (Å²) < 4.78 is 49.0. The SMILES string of the molecule is Cc1cccc(N([C@H](C)C(=O)N[C@H](C)c2ccc(S(C)(=O)=O)cc2)S(C)(=O)=O)c1. The number of carbonyl (C=O) groups is 1. The van der Waals surface area contributed by atoms with Crippen LogP contribution in [-0.2, 0) is 24.7 Å². The molecule has 1 amide bonds. The Morgan fingerprint density at radius 3 is 2.03 bits per heavy atom. The Morgan fingerprint density at radius 1 is 0.966 bits per heavy atom. The van der Waals surface area contributed by atoms with Crippen LogP contribution >= 0.6 is 0 Å². The van der Waals surface area contributed by atoms with Gasteiger partial charge in [0.25, 0.3) is 0 Å². The van der Waals surface area contributed by atoms with Gasteiger partial charge in [0.1, 0.15) is 6.04 Å². The van der Waals surface area contributed by atoms with E-state index in [0.717, 1.165) is 22.4 Å². The fraction of sp³-hybridized carbons (Fsp3) is 0.350. The van der Waals surface area contributed by atoms with Crippen LogP contribution in [0.3, 0.4) is 0 Å². The third-order valence-electron chi connectivity index (χ3n) is 4.51. The number of nitrogens with zero attached hydrogens (tertiary/aromatic N) is 1. The molecule has 2 atom stereocenters. The van der Waals surface area contributed by atoms with Crippen LogP contribution in [0.1, 0.15) is 31.0 Å². The highest BCUT2D eigenvalue weighted by molar-refractivity contribution is 7.92. The molecule has 0 aliphatic rings. The largest absolute Gasteiger partial charge is 0.348 e. The Hall–Kier alpha value is -2.39. The smallest absolute Gasteiger partial charge is 0.244 e. The molecule has 0 aliphatic heterocycles. The summed E-state index contributed by atoms with van der Waals surface area (Å²) in [6, 6.07) is 11.7. The fourth-order valence-electron chi connectivity index (χ4n) is 2.99. The van der Waals surface area contributed by atoms with E-state index in [0.29, 0.717) is 11.3 Å². The van der Waals surface area contributed by atoms with E-state index in [9.17, 15) is 21.6 Å². The predicted octanol–water partition coefficient (Wildman–Crippen LogP) is 2.43. The number of nitrogens with one attached hydrogen (secondary N) is 1. The maximum Gasteiger partial charge on any atom is 0.244 e. The number of hydrogen-bond acceptors (Lipinski definition) is 5. The summed E-state index contributed by atoms with van der Waals surface area (Å²) in [6.45, 7) is 5.12. The number of benzene rings is 2. The summed E-state index contributed by atoms with van der Waals surface area (Å²) in [5.74, 6) is -0.461. The van der Waals surface area contributed by atoms with Gasteiger partial charge in [0.05, 0.1) is 22.9 Å². The molecule has 2 aromatic rings. The zero-order valence-electron chi connectivity index (χ0n) is 17.1. The second-order valence-electron chi connectivity index (χ2n) is 7.15. The van der Waals surface area contributed by atoms with Crippen molar-refractivity contribution >= 4 is 31.5 Å². The average molecular weight is 439 g/mol. The van der Waals surface area contributed by atoms with Gasteiger partial charge in [-0.2, -0.15) is 0 Å². The molecule has 0 spiro atoms. The molecule has 0 saturated heterocycles. The lowest BCUT2D eigenvalue weighted by Crippen LogP contribution is -2.48. The lowest BCUT2D eigenvalue weighted by Gasteiger charge is -2.29. The Morgan fingerprint density at radius 2 is 1.55 bits per heavy atom. The predicted molar refractivity (Wildman–Crippen MR) is 114 cm³/mol. The zero-order chi connectivity index (χ0) is 22.0. The van der Waals surface area contributed by atoms with Crippen LogP contribution in [0.2, 0.25) is 0 Å². The molecule has 0 heterocycles. The minimum absolute atomic E-state index is 0.191. The Labute approximate surface area is 172 Å². The number of rotatable bonds is 7. The molecule has 158 valence electrons. The van der Waals surface area contributed by atoms with Crippen LogP contribution in [0, 0.1) is 6.92 Å². The Kier molecular flexibility index (Phi) is 6.74. The monoisotopic (exact) mass is 438 g/mol. The molecule has 2 rings (SSSR count). The number of sulfonamides is 1. The molecule has 1 N–H and O–H groups in total. The topological polar surface area (TPSA) is 101 Å². The molecule has 7 nitrogen and oxygen atoms in total. The highest BCUT2D eigenvalue weighted by Gasteiger charge is 2.30. The second-order valence-corrected chi connectivity index (χ2v) is 11.0. The first-order valence-electron chi connectivity index (χ1n) is 8.97. The number of hydrogen-bond donors (Lipinski definition) is 1. The van der Waals surface area contributed by atoms with E-state index in [-0.39, 0.29) is 4.90 Å². The van der Waals surface area contributed by atoms with Gasteiger partial charge < -0.3 is 5.32 Å². The van der Waals surface area contributed by atoms with Gasteiger partial charge in [-0.15, -0.1) is 0 Å². The van der Waals surface area contributed by atoms with Gasteiger partial charge >= 0.3 is 0 Å². The summed E-state index contributed by atoms with van der Waals surface area (Å²) in [7, 11) is -7.00. The quantitative estimate of drug-likeness (QED) is 0.716. The molecule has 0 fully saturated rings. The van der Waals surface area contributed by atoms with Gasteiger partial charge in [0.15, 0.2) is 9.84 Å². The third kappa shape index (κ3) is 5.80. The number of sulfone groups is 1. The fourth-order valence-corrected chi connectivity index (χ4v) is 4.79. The first-order valence-corrected chi connectivity index (χ1v) is 12.7. The van der Waals surface area contributed by atoms with Crippen molar-refractivity contribution in [3.63, 3.8) is 0 Å². The van der Waals surface area contributed by atoms with Crippen LogP contribution < -0.4 is 9.62 Å². The molecule has 9 heteroatoms. The van der Waals surface area contributed by atoms with Crippen molar-refractivity contribution < 1.29 is 21.6 Å². The molecular weight excluding hydrogens is 412 g/mol. The Bertz CT molecular complexity index is 1090. The van der Waals surface area contributed by atoms with Crippen molar-refractivity contribution in [1.29, 1.82) is 0 Å². The van der Waals surface area contributed by atoms with E-state index in [2.05, 4.69) is 5.32 Å². The molecule has 0 bridgehead atoms. The number of anilines is 1. The highest BCUT2D eigenvalue weighted by atomic mass is 32.2. The first-order chi connectivity index (χ1) is 13.3. The molecule has 0 saturated carbocycles. The number of aryl methyl sites for hydroxylation is 1. The highest BCUT2D eigenvalue weighted by Crippen LogP contribution is 2.23. The van der Waals surface area contributed by atoms with Gasteiger partial charge in [-0.3, -0.25) is 9.10 Å². The van der Waals surface area contributed by atoms with E-state index >= 15 is 0 Å². The van der Waals surface area contributed by atoms with Crippen LogP contribution in [0.4, 0.5) is 5.69 Å². The molecular formula is C20H26N2O5S2. The van der Waals surface area contributed by atoms with Gasteiger partial charge in [-0.05, 0) is 56.2 Å². The van der Waals surface area contributed by atoms with Crippen molar-refractivity contribution in [3.8, 4) is 0 Å². The summed E-state index contributed by atoms with van der Waals surface area (Å²) >= 11 is 0. The lowest BCUT2D eigenvalue weighted by atomic mass is 10.1. The van der Waals surface area contributed by atoms with Crippen LogP contribution in [0.25, 0.3) is 0 Å². The second kappa shape index (κ2) is 8.54. The van der Waals surface area contributed by atoms with Gasteiger partial charge in [-0.25, -0.2) is 16.8 Å². The summed E-state index contributed by atoms with van der Waals surface area (Å²) in [5.41, 5.74) is 2.00. The summed E-state index contributed by atoms with van der Waals surface area (Å²) in [4.78, 5) is 13.0. The van der Waals surface area contributed by atoms with E-state index < -0.39 is 37.9 Å². The molecule has 0 radical (unpaired) electrons. The van der Waals surface area contributed by atoms with E-state index in [4.69, 9.17) is 0 Å². The molecule has 29 heavy (non-hydrogen) atoms. The standard InChI is InChI=1S/C20H26N2O5S2/c1-14-7-6-8-18(13-14)22(29(5,26)27)16(3)20(23)21-15(2)17-9-11-19(12-10-17)28(4,24)25/h6-13,15-16H,1-5H3,(H,21,23)/t15-,16-/m1/s1. The van der Waals surface area contributed by atoms with E-state index in [1.807, 2.05) is 13.0 Å². The summed E-state index contributed by atoms with van der Waals surface area (Å²) in [6.07, 6.45) is 2.19. The zero-order valence-corrected chi connectivity index (χ0v) is 18.7. The van der Waals surface area contributed by atoms with E-state index in [1.165, 1.54) is 19.1 Å². The van der Waals surface area contributed by atoms with Crippen LogP contribution in [-0.4, -0.2) is 41.3 Å². The minimum Gasteiger partial charge on any atom is -0.348 e. The minimum atomic E-state index is -3.70. The van der Waals surface area contributed by atoms with Crippen LogP contribution in [0.5, 0.6) is 0 Å². The van der Waals surface area contributed by atoms with Crippen LogP contribution in [0.15, 0.2) is 53.4 Å². The van der Waals surface area contributed by atoms with Crippen molar-refractivity contribution in [2.75, 3.05) is 16.8 Å². The normalized spacial score (nSPS) is 14.1. The molecule has 2 aromatic carbocycles. The van der Waals surface area contributed by atoms with Crippen molar-refractivity contribution in [3.05, 3.63) is 59.7 Å². The van der Waals surface area contributed by atoms with Gasteiger partial charge in [0.2, 0.25) is 15.9 Å². The van der Waals surface area contributed by atoms with Crippen molar-refractivity contribution in [2.24, 2.45) is 0 Å². The maximum atomic E-state index is 12.8. The van der Waals surface area contributed by atoms with E-state index in [1.54, 1.807) is 37.3 Å². The average Bonchev–Trinajstić information content (AvgIpc) is 2.60. The van der Waals surface area contributed by atoms with Gasteiger partial charge in [0, 0.05) is 6.26 Å². The molecule has 0 aliphatic carbocycles. The Balaban J connectivity index is 2.23. The first kappa shape index (κ1) is 22.9. The number of carbonyl (C=O) groups excluding carboxylic acids is 1. The molecule has 0 unspecified atom stereocenters. The molecule has 0 aromatic heterocycles. The lowest BCUT2D eigenvalue weighted by molar-refractivity contribution is -0.122.